The van der Waals surface area contributed by atoms with E-state index in [-0.39, 0.29) is 15.5 Å². The quantitative estimate of drug-likeness (QED) is 0.767. The van der Waals surface area contributed by atoms with Crippen molar-refractivity contribution in [2.75, 3.05) is 0 Å². The van der Waals surface area contributed by atoms with Gasteiger partial charge in [-0.2, -0.15) is 8.42 Å². The summed E-state index contributed by atoms with van der Waals surface area (Å²) in [7, 11) is -4.30. The van der Waals surface area contributed by atoms with E-state index in [9.17, 15) is 8.42 Å². The smallest absolute Gasteiger partial charge is 0.298 e. The second-order valence-corrected chi connectivity index (χ2v) is 4.54. The van der Waals surface area contributed by atoms with E-state index in [2.05, 4.69) is 0 Å². The maximum atomic E-state index is 10.9. The molecular weight excluding hydrogens is 228 g/mol. The number of benzene rings is 1. The van der Waals surface area contributed by atoms with Crippen LogP contribution in [-0.2, 0) is 10.1 Å². The van der Waals surface area contributed by atoms with Gasteiger partial charge in [0.05, 0.1) is 6.26 Å². The van der Waals surface area contributed by atoms with E-state index < -0.39 is 10.1 Å². The zero-order valence-electron chi connectivity index (χ0n) is 6.77. The van der Waals surface area contributed by atoms with Crippen LogP contribution >= 0.6 is 11.6 Å². The molecule has 0 aliphatic rings. The van der Waals surface area contributed by atoms with Crippen molar-refractivity contribution in [1.29, 1.82) is 0 Å². The summed E-state index contributed by atoms with van der Waals surface area (Å²) in [4.78, 5) is -0.315. The van der Waals surface area contributed by atoms with Crippen LogP contribution in [0, 0.1) is 0 Å². The summed E-state index contributed by atoms with van der Waals surface area (Å²) in [5, 5.41) is 0.761. The number of fused-ring (bicyclic) bond motifs is 1. The molecule has 0 amide bonds. The van der Waals surface area contributed by atoms with Gasteiger partial charge in [0.1, 0.15) is 4.90 Å². The summed E-state index contributed by atoms with van der Waals surface area (Å²) in [6.07, 6.45) is 1.33. The van der Waals surface area contributed by atoms with Crippen LogP contribution in [0.15, 0.2) is 33.8 Å². The van der Waals surface area contributed by atoms with Gasteiger partial charge in [0.25, 0.3) is 10.1 Å². The molecule has 0 spiro atoms. The molecule has 0 aliphatic carbocycles. The number of hydrogen-bond donors (Lipinski definition) is 1. The average molecular weight is 233 g/mol. The van der Waals surface area contributed by atoms with Gasteiger partial charge < -0.3 is 4.42 Å². The highest BCUT2D eigenvalue weighted by molar-refractivity contribution is 7.86. The highest BCUT2D eigenvalue weighted by Crippen LogP contribution is 2.27. The monoisotopic (exact) mass is 232 g/mol. The van der Waals surface area contributed by atoms with Crippen LogP contribution in [0.2, 0.25) is 5.02 Å². The van der Waals surface area contributed by atoms with Crippen LogP contribution in [-0.4, -0.2) is 13.0 Å². The summed E-state index contributed by atoms with van der Waals surface area (Å²) in [6.45, 7) is 0. The molecule has 6 heteroatoms. The standard InChI is InChI=1S/C8H5ClO4S/c9-6-3-5-1-2-13-8(5)7(4-6)14(10,11)12/h1-4H,(H,10,11,12). The lowest BCUT2D eigenvalue weighted by molar-refractivity contribution is 0.481. The minimum Gasteiger partial charge on any atom is -0.463 e. The number of rotatable bonds is 1. The van der Waals surface area contributed by atoms with E-state index in [1.54, 1.807) is 12.1 Å². The van der Waals surface area contributed by atoms with Crippen LogP contribution in [0.25, 0.3) is 11.0 Å². The minimum atomic E-state index is -4.30. The lowest BCUT2D eigenvalue weighted by Crippen LogP contribution is -1.98. The molecule has 1 N–H and O–H groups in total. The summed E-state index contributed by atoms with van der Waals surface area (Å²) >= 11 is 5.67. The molecule has 0 unspecified atom stereocenters. The van der Waals surface area contributed by atoms with E-state index in [1.165, 1.54) is 6.26 Å². The summed E-state index contributed by atoms with van der Waals surface area (Å²) in [5.41, 5.74) is 0.108. The molecule has 0 fully saturated rings. The van der Waals surface area contributed by atoms with Gasteiger partial charge in [-0.15, -0.1) is 0 Å². The Kier molecular flexibility index (Phi) is 2.02. The molecule has 2 rings (SSSR count). The van der Waals surface area contributed by atoms with E-state index in [0.29, 0.717) is 5.39 Å². The van der Waals surface area contributed by atoms with Crippen molar-refractivity contribution < 1.29 is 17.4 Å². The topological polar surface area (TPSA) is 67.5 Å². The van der Waals surface area contributed by atoms with Gasteiger partial charge in [-0.1, -0.05) is 11.6 Å². The first-order valence-electron chi connectivity index (χ1n) is 3.63. The van der Waals surface area contributed by atoms with Crippen molar-refractivity contribution in [3.05, 3.63) is 29.5 Å². The van der Waals surface area contributed by atoms with Gasteiger partial charge in [-0.25, -0.2) is 0 Å². The second-order valence-electron chi connectivity index (χ2n) is 2.72. The minimum absolute atomic E-state index is 0.108. The Morgan fingerprint density at radius 2 is 2.07 bits per heavy atom. The molecule has 0 atom stereocenters. The predicted molar refractivity (Wildman–Crippen MR) is 51.0 cm³/mol. The van der Waals surface area contributed by atoms with Crippen LogP contribution in [0.1, 0.15) is 0 Å². The fourth-order valence-electron chi connectivity index (χ4n) is 1.21. The van der Waals surface area contributed by atoms with Gasteiger partial charge in [-0.3, -0.25) is 4.55 Å². The number of furan rings is 1. The average Bonchev–Trinajstić information content (AvgIpc) is 2.47. The van der Waals surface area contributed by atoms with Crippen LogP contribution in [0.3, 0.4) is 0 Å². The van der Waals surface area contributed by atoms with E-state index in [1.807, 2.05) is 0 Å². The summed E-state index contributed by atoms with van der Waals surface area (Å²) in [6, 6.07) is 4.26. The molecule has 2 aromatic rings. The fraction of sp³-hybridized carbons (Fsp3) is 0. The molecular formula is C8H5ClO4S. The number of hydrogen-bond acceptors (Lipinski definition) is 3. The SMILES string of the molecule is O=S(=O)(O)c1cc(Cl)cc2ccoc12. The Morgan fingerprint density at radius 1 is 1.36 bits per heavy atom. The van der Waals surface area contributed by atoms with E-state index in [0.717, 1.165) is 6.07 Å². The zero-order valence-corrected chi connectivity index (χ0v) is 8.34. The Bertz CT molecular complexity index is 584. The van der Waals surface area contributed by atoms with Gasteiger partial charge in [-0.05, 0) is 18.2 Å². The summed E-state index contributed by atoms with van der Waals surface area (Å²) < 4.78 is 35.7. The fourth-order valence-corrected chi connectivity index (χ4v) is 2.17. The van der Waals surface area contributed by atoms with Crippen molar-refractivity contribution >= 4 is 32.7 Å². The molecule has 0 saturated carbocycles. The highest BCUT2D eigenvalue weighted by Gasteiger charge is 2.17. The molecule has 0 aliphatic heterocycles. The van der Waals surface area contributed by atoms with E-state index in [4.69, 9.17) is 20.6 Å². The predicted octanol–water partition coefficient (Wildman–Crippen LogP) is 2.33. The third-order valence-corrected chi connectivity index (χ3v) is 2.84. The molecule has 1 heterocycles. The van der Waals surface area contributed by atoms with Crippen molar-refractivity contribution in [2.24, 2.45) is 0 Å². The van der Waals surface area contributed by atoms with Gasteiger partial charge in [0.2, 0.25) is 0 Å². The normalized spacial score (nSPS) is 12.1. The van der Waals surface area contributed by atoms with Crippen LogP contribution in [0.4, 0.5) is 0 Å². The molecule has 0 saturated heterocycles. The molecule has 0 radical (unpaired) electrons. The first-order valence-corrected chi connectivity index (χ1v) is 5.44. The number of halogens is 1. The lowest BCUT2D eigenvalue weighted by Gasteiger charge is -1.98. The van der Waals surface area contributed by atoms with Gasteiger partial charge in [0, 0.05) is 10.4 Å². The maximum absolute atomic E-state index is 10.9. The van der Waals surface area contributed by atoms with Crippen molar-refractivity contribution in [3.8, 4) is 0 Å². The highest BCUT2D eigenvalue weighted by atomic mass is 35.5. The van der Waals surface area contributed by atoms with Gasteiger partial charge >= 0.3 is 0 Å². The molecule has 1 aromatic carbocycles. The molecule has 0 bridgehead atoms. The summed E-state index contributed by atoms with van der Waals surface area (Å²) in [5.74, 6) is 0. The van der Waals surface area contributed by atoms with Gasteiger partial charge in [0.15, 0.2) is 5.58 Å². The third-order valence-electron chi connectivity index (χ3n) is 1.76. The van der Waals surface area contributed by atoms with Crippen LogP contribution < -0.4 is 0 Å². The van der Waals surface area contributed by atoms with Crippen molar-refractivity contribution in [2.45, 2.75) is 4.90 Å². The largest absolute Gasteiger partial charge is 0.463 e. The second kappa shape index (κ2) is 2.98. The maximum Gasteiger partial charge on any atom is 0.298 e. The van der Waals surface area contributed by atoms with E-state index >= 15 is 0 Å². The zero-order chi connectivity index (χ0) is 10.3. The molecule has 74 valence electrons. The first kappa shape index (κ1) is 9.51. The molecule has 1 aromatic heterocycles. The third kappa shape index (κ3) is 1.50. The Morgan fingerprint density at radius 3 is 2.71 bits per heavy atom. The van der Waals surface area contributed by atoms with Crippen molar-refractivity contribution in [1.82, 2.24) is 0 Å². The Hall–Kier alpha value is -1.04. The Balaban J connectivity index is 2.94. The van der Waals surface area contributed by atoms with Crippen LogP contribution in [0.5, 0.6) is 0 Å². The molecule has 14 heavy (non-hydrogen) atoms. The molecule has 4 nitrogen and oxygen atoms in total. The first-order chi connectivity index (χ1) is 6.48. The Labute approximate surface area is 84.8 Å². The van der Waals surface area contributed by atoms with Crippen molar-refractivity contribution in [3.63, 3.8) is 0 Å². The lowest BCUT2D eigenvalue weighted by atomic mass is 10.2.